The second-order valence-corrected chi connectivity index (χ2v) is 4.64. The van der Waals surface area contributed by atoms with Crippen molar-refractivity contribution in [2.45, 2.75) is 40.5 Å². The molecule has 19 heavy (non-hydrogen) atoms. The summed E-state index contributed by atoms with van der Waals surface area (Å²) in [5.41, 5.74) is 3.19. The highest BCUT2D eigenvalue weighted by Crippen LogP contribution is 2.25. The van der Waals surface area contributed by atoms with Crippen LogP contribution >= 0.6 is 0 Å². The molecular formula is C15H21N3O. The van der Waals surface area contributed by atoms with Crippen molar-refractivity contribution in [3.05, 3.63) is 29.3 Å². The minimum Gasteiger partial charge on any atom is -0.469 e. The number of nitrogens with one attached hydrogen (secondary N) is 1. The van der Waals surface area contributed by atoms with Crippen molar-refractivity contribution >= 4 is 5.82 Å². The summed E-state index contributed by atoms with van der Waals surface area (Å²) in [7, 11) is 0. The Hall–Kier alpha value is -1.84. The minimum atomic E-state index is 0.743. The number of furan rings is 1. The molecule has 0 fully saturated rings. The number of aromatic nitrogens is 2. The fourth-order valence-corrected chi connectivity index (χ4v) is 2.06. The molecule has 1 N–H and O–H groups in total. The van der Waals surface area contributed by atoms with Gasteiger partial charge in [-0.15, -0.1) is 0 Å². The van der Waals surface area contributed by atoms with Crippen LogP contribution in [0.4, 0.5) is 5.82 Å². The number of rotatable bonds is 5. The summed E-state index contributed by atoms with van der Waals surface area (Å²) in [5, 5.41) is 3.38. The second kappa shape index (κ2) is 5.87. The van der Waals surface area contributed by atoms with Gasteiger partial charge in [0.15, 0.2) is 5.82 Å². The lowest BCUT2D eigenvalue weighted by atomic mass is 10.1. The summed E-state index contributed by atoms with van der Waals surface area (Å²) < 4.78 is 5.34. The van der Waals surface area contributed by atoms with Crippen molar-refractivity contribution < 1.29 is 4.42 Å². The molecule has 2 rings (SSSR count). The molecule has 0 bridgehead atoms. The first kappa shape index (κ1) is 13.6. The maximum Gasteiger partial charge on any atom is 0.165 e. The number of hydrogen-bond donors (Lipinski definition) is 1. The van der Waals surface area contributed by atoms with Gasteiger partial charge in [-0.2, -0.15) is 0 Å². The predicted octanol–water partition coefficient (Wildman–Crippen LogP) is 3.74. The maximum atomic E-state index is 5.34. The summed E-state index contributed by atoms with van der Waals surface area (Å²) >= 11 is 0. The zero-order chi connectivity index (χ0) is 13.8. The number of aryl methyl sites for hydroxylation is 2. The molecule has 2 aromatic heterocycles. The van der Waals surface area contributed by atoms with E-state index in [1.165, 1.54) is 0 Å². The molecule has 0 saturated heterocycles. The summed E-state index contributed by atoms with van der Waals surface area (Å²) in [6.45, 7) is 9.19. The van der Waals surface area contributed by atoms with E-state index in [0.29, 0.717) is 0 Å². The van der Waals surface area contributed by atoms with E-state index in [1.807, 2.05) is 13.0 Å². The van der Waals surface area contributed by atoms with Crippen LogP contribution in [0.3, 0.4) is 0 Å². The van der Waals surface area contributed by atoms with Crippen LogP contribution in [0.15, 0.2) is 16.7 Å². The Morgan fingerprint density at radius 2 is 2.00 bits per heavy atom. The molecule has 0 aliphatic carbocycles. The van der Waals surface area contributed by atoms with Gasteiger partial charge in [-0.3, -0.25) is 0 Å². The Morgan fingerprint density at radius 3 is 2.58 bits per heavy atom. The maximum absolute atomic E-state index is 5.34. The number of nitrogens with zero attached hydrogens (tertiary/aromatic N) is 2. The van der Waals surface area contributed by atoms with Crippen LogP contribution < -0.4 is 5.32 Å². The lowest BCUT2D eigenvalue weighted by molar-refractivity contribution is 0.535. The third-order valence-electron chi connectivity index (χ3n) is 3.22. The van der Waals surface area contributed by atoms with E-state index in [9.17, 15) is 0 Å². The Balaban J connectivity index is 2.47. The molecule has 0 unspecified atom stereocenters. The normalized spacial score (nSPS) is 10.7. The summed E-state index contributed by atoms with van der Waals surface area (Å²) in [6, 6.07) is 1.92. The van der Waals surface area contributed by atoms with Crippen LogP contribution in [0.1, 0.15) is 37.3 Å². The van der Waals surface area contributed by atoms with Gasteiger partial charge in [0.1, 0.15) is 11.6 Å². The molecule has 2 aromatic rings. The summed E-state index contributed by atoms with van der Waals surface area (Å²) in [5.74, 6) is 2.53. The zero-order valence-corrected chi connectivity index (χ0v) is 12.1. The first-order valence-corrected chi connectivity index (χ1v) is 6.83. The van der Waals surface area contributed by atoms with Gasteiger partial charge in [0.05, 0.1) is 11.8 Å². The highest BCUT2D eigenvalue weighted by atomic mass is 16.3. The quantitative estimate of drug-likeness (QED) is 0.888. The van der Waals surface area contributed by atoms with Crippen molar-refractivity contribution in [2.75, 3.05) is 11.9 Å². The van der Waals surface area contributed by atoms with Gasteiger partial charge < -0.3 is 9.73 Å². The molecule has 102 valence electrons. The van der Waals surface area contributed by atoms with E-state index in [0.717, 1.165) is 53.6 Å². The van der Waals surface area contributed by atoms with E-state index in [4.69, 9.17) is 4.42 Å². The van der Waals surface area contributed by atoms with Crippen LogP contribution in [0, 0.1) is 13.8 Å². The van der Waals surface area contributed by atoms with E-state index < -0.39 is 0 Å². The van der Waals surface area contributed by atoms with Gasteiger partial charge in [-0.25, -0.2) is 9.97 Å². The molecule has 4 heteroatoms. The van der Waals surface area contributed by atoms with Crippen LogP contribution in [0.25, 0.3) is 11.4 Å². The molecule has 0 saturated carbocycles. The number of hydrogen-bond acceptors (Lipinski definition) is 4. The molecule has 0 aromatic carbocycles. The highest BCUT2D eigenvalue weighted by molar-refractivity contribution is 5.61. The molecule has 0 aliphatic rings. The third-order valence-corrected chi connectivity index (χ3v) is 3.22. The Kier molecular flexibility index (Phi) is 4.20. The lowest BCUT2D eigenvalue weighted by Gasteiger charge is -2.12. The Morgan fingerprint density at radius 1 is 1.21 bits per heavy atom. The number of anilines is 1. The van der Waals surface area contributed by atoms with Gasteiger partial charge in [-0.05, 0) is 32.8 Å². The topological polar surface area (TPSA) is 51.0 Å². The molecular weight excluding hydrogens is 238 g/mol. The SMILES string of the molecule is CCCNc1nc(-c2ccoc2C)nc(CC)c1C. The fourth-order valence-electron chi connectivity index (χ4n) is 2.06. The van der Waals surface area contributed by atoms with Crippen molar-refractivity contribution in [1.82, 2.24) is 9.97 Å². The largest absolute Gasteiger partial charge is 0.469 e. The first-order valence-electron chi connectivity index (χ1n) is 6.83. The van der Waals surface area contributed by atoms with Crippen molar-refractivity contribution in [3.8, 4) is 11.4 Å². The van der Waals surface area contributed by atoms with E-state index in [-0.39, 0.29) is 0 Å². The molecule has 2 heterocycles. The molecule has 0 amide bonds. The first-order chi connectivity index (χ1) is 9.17. The average molecular weight is 259 g/mol. The average Bonchev–Trinajstić information content (AvgIpc) is 2.84. The van der Waals surface area contributed by atoms with Gasteiger partial charge in [0.2, 0.25) is 0 Å². The Bertz CT molecular complexity index is 561. The standard InChI is InChI=1S/C15H21N3O/c1-5-8-16-14-10(3)13(6-2)17-15(18-14)12-7-9-19-11(12)4/h7,9H,5-6,8H2,1-4H3,(H,16,17,18). The van der Waals surface area contributed by atoms with Crippen molar-refractivity contribution in [1.29, 1.82) is 0 Å². The van der Waals surface area contributed by atoms with E-state index in [1.54, 1.807) is 6.26 Å². The smallest absolute Gasteiger partial charge is 0.165 e. The lowest BCUT2D eigenvalue weighted by Crippen LogP contribution is -2.08. The molecule has 0 aliphatic heterocycles. The van der Waals surface area contributed by atoms with E-state index in [2.05, 4.69) is 36.1 Å². The minimum absolute atomic E-state index is 0.743. The summed E-state index contributed by atoms with van der Waals surface area (Å²) in [6.07, 6.45) is 3.66. The zero-order valence-electron chi connectivity index (χ0n) is 12.1. The van der Waals surface area contributed by atoms with Crippen LogP contribution in [-0.4, -0.2) is 16.5 Å². The Labute approximate surface area is 114 Å². The highest BCUT2D eigenvalue weighted by Gasteiger charge is 2.13. The van der Waals surface area contributed by atoms with E-state index >= 15 is 0 Å². The van der Waals surface area contributed by atoms with Crippen LogP contribution in [0.5, 0.6) is 0 Å². The van der Waals surface area contributed by atoms with Gasteiger partial charge >= 0.3 is 0 Å². The summed E-state index contributed by atoms with van der Waals surface area (Å²) in [4.78, 5) is 9.29. The predicted molar refractivity (Wildman–Crippen MR) is 77.4 cm³/mol. The van der Waals surface area contributed by atoms with Crippen molar-refractivity contribution in [2.24, 2.45) is 0 Å². The monoisotopic (exact) mass is 259 g/mol. The van der Waals surface area contributed by atoms with Gasteiger partial charge in [-0.1, -0.05) is 13.8 Å². The molecule has 4 nitrogen and oxygen atoms in total. The third kappa shape index (κ3) is 2.78. The van der Waals surface area contributed by atoms with Gasteiger partial charge in [0, 0.05) is 17.8 Å². The second-order valence-electron chi connectivity index (χ2n) is 4.64. The van der Waals surface area contributed by atoms with Crippen LogP contribution in [0.2, 0.25) is 0 Å². The fraction of sp³-hybridized carbons (Fsp3) is 0.467. The molecule has 0 spiro atoms. The van der Waals surface area contributed by atoms with Crippen molar-refractivity contribution in [3.63, 3.8) is 0 Å². The van der Waals surface area contributed by atoms with Gasteiger partial charge in [0.25, 0.3) is 0 Å². The van der Waals surface area contributed by atoms with Crippen LogP contribution in [-0.2, 0) is 6.42 Å². The molecule has 0 radical (unpaired) electrons. The molecule has 0 atom stereocenters.